The minimum Gasteiger partial charge on any atom is -0.453 e. The number of anilines is 1. The molecule has 1 heterocycles. The maximum atomic E-state index is 14.4. The van der Waals surface area contributed by atoms with Crippen molar-refractivity contribution in [3.63, 3.8) is 0 Å². The Labute approximate surface area is 212 Å². The summed E-state index contributed by atoms with van der Waals surface area (Å²) in [7, 11) is 0. The summed E-state index contributed by atoms with van der Waals surface area (Å²) in [5.41, 5.74) is 2.15. The third-order valence-corrected chi connectivity index (χ3v) is 6.31. The highest BCUT2D eigenvalue weighted by atomic mass is 19.1. The summed E-state index contributed by atoms with van der Waals surface area (Å²) >= 11 is 0. The number of nitrogens with one attached hydrogen (secondary N) is 2. The van der Waals surface area contributed by atoms with Gasteiger partial charge < -0.3 is 15.4 Å². The van der Waals surface area contributed by atoms with Gasteiger partial charge in [-0.3, -0.25) is 4.79 Å². The van der Waals surface area contributed by atoms with E-state index in [1.54, 1.807) is 0 Å². The van der Waals surface area contributed by atoms with Crippen LogP contribution in [0.1, 0.15) is 70.9 Å². The number of unbranched alkanes of at least 4 members (excludes halogenated alkanes) is 3. The van der Waals surface area contributed by atoms with Crippen LogP contribution in [-0.4, -0.2) is 24.4 Å². The fraction of sp³-hybridized carbons (Fsp3) is 0.448. The zero-order valence-electron chi connectivity index (χ0n) is 21.5. The van der Waals surface area contributed by atoms with Gasteiger partial charge in [-0.1, -0.05) is 77.6 Å². The lowest BCUT2D eigenvalue weighted by Gasteiger charge is -2.25. The molecule has 0 aromatic heterocycles. The maximum absolute atomic E-state index is 14.4. The van der Waals surface area contributed by atoms with Crippen LogP contribution < -0.4 is 10.6 Å². The van der Waals surface area contributed by atoms with Crippen molar-refractivity contribution >= 4 is 17.4 Å². The lowest BCUT2D eigenvalue weighted by Crippen LogP contribution is -2.36. The fourth-order valence-corrected chi connectivity index (χ4v) is 4.20. The van der Waals surface area contributed by atoms with E-state index < -0.39 is 23.4 Å². The number of cyclic esters (lactones) is 1. The van der Waals surface area contributed by atoms with Crippen molar-refractivity contribution < 1.29 is 23.1 Å². The highest BCUT2D eigenvalue weighted by Gasteiger charge is 2.33. The lowest BCUT2D eigenvalue weighted by molar-refractivity contribution is -0.135. The molecule has 2 N–H and O–H groups in total. The molecule has 0 bridgehead atoms. The van der Waals surface area contributed by atoms with Gasteiger partial charge in [0.15, 0.2) is 6.61 Å². The van der Waals surface area contributed by atoms with Crippen LogP contribution in [0, 0.1) is 11.6 Å². The lowest BCUT2D eigenvalue weighted by atomic mass is 9.86. The van der Waals surface area contributed by atoms with E-state index in [-0.39, 0.29) is 35.1 Å². The van der Waals surface area contributed by atoms with Gasteiger partial charge in [-0.25, -0.2) is 13.6 Å². The van der Waals surface area contributed by atoms with Gasteiger partial charge in [0.25, 0.3) is 0 Å². The Morgan fingerprint density at radius 1 is 1.03 bits per heavy atom. The molecule has 7 heteroatoms. The molecule has 0 saturated carbocycles. The second-order valence-corrected chi connectivity index (χ2v) is 10.3. The van der Waals surface area contributed by atoms with Crippen LogP contribution >= 0.6 is 0 Å². The minimum absolute atomic E-state index is 0.0419. The van der Waals surface area contributed by atoms with Crippen LogP contribution in [0.15, 0.2) is 53.9 Å². The van der Waals surface area contributed by atoms with Gasteiger partial charge in [0.05, 0.1) is 5.69 Å². The normalized spacial score (nSPS) is 16.1. The topological polar surface area (TPSA) is 67.4 Å². The van der Waals surface area contributed by atoms with E-state index in [1.807, 2.05) is 0 Å². The van der Waals surface area contributed by atoms with Crippen LogP contribution in [0.5, 0.6) is 0 Å². The van der Waals surface area contributed by atoms with Gasteiger partial charge in [0, 0.05) is 12.1 Å². The Morgan fingerprint density at radius 3 is 2.33 bits per heavy atom. The first kappa shape index (κ1) is 27.4. The molecule has 1 unspecified atom stereocenters. The molecule has 1 fully saturated rings. The zero-order chi connectivity index (χ0) is 26.3. The molecule has 5 nitrogen and oxygen atoms in total. The number of carbonyl (C=O) groups excluding carboxylic acids is 2. The number of hydrogen-bond acceptors (Lipinski definition) is 5. The standard InChI is InChI=1S/C29H36F2N2O3/c1-5-6-7-8-9-22(16-19-10-12-20(13-11-19)29(2,3)4)32-27(26-25(34)18-36-28(26)35)33-24-15-14-21(30)17-23(24)31/h10-15,17,22,32-33H,5-9,16,18H2,1-4H3. The largest absolute Gasteiger partial charge is 0.453 e. The predicted octanol–water partition coefficient (Wildman–Crippen LogP) is 6.18. The number of ketones is 1. The maximum Gasteiger partial charge on any atom is 0.346 e. The van der Waals surface area contributed by atoms with E-state index in [0.29, 0.717) is 6.42 Å². The second-order valence-electron chi connectivity index (χ2n) is 10.3. The molecule has 2 aromatic carbocycles. The molecule has 3 rings (SSSR count). The summed E-state index contributed by atoms with van der Waals surface area (Å²) in [4.78, 5) is 24.9. The number of esters is 1. The summed E-state index contributed by atoms with van der Waals surface area (Å²) in [6, 6.07) is 11.4. The van der Waals surface area contributed by atoms with Crippen molar-refractivity contribution in [2.45, 2.75) is 77.7 Å². The second kappa shape index (κ2) is 12.2. The van der Waals surface area contributed by atoms with Gasteiger partial charge in [-0.15, -0.1) is 0 Å². The van der Waals surface area contributed by atoms with E-state index in [4.69, 9.17) is 4.74 Å². The highest BCUT2D eigenvalue weighted by Crippen LogP contribution is 2.24. The van der Waals surface area contributed by atoms with Gasteiger partial charge in [-0.05, 0) is 41.5 Å². The monoisotopic (exact) mass is 498 g/mol. The van der Waals surface area contributed by atoms with Gasteiger partial charge in [-0.2, -0.15) is 0 Å². The van der Waals surface area contributed by atoms with Crippen LogP contribution in [0.4, 0.5) is 14.5 Å². The van der Waals surface area contributed by atoms with Gasteiger partial charge in [0.1, 0.15) is 23.0 Å². The third kappa shape index (κ3) is 7.39. The first-order chi connectivity index (χ1) is 17.1. The molecule has 0 aliphatic carbocycles. The Balaban J connectivity index is 1.90. The molecule has 1 aliphatic heterocycles. The average Bonchev–Trinajstić information content (AvgIpc) is 3.15. The van der Waals surface area contributed by atoms with Crippen LogP contribution in [0.2, 0.25) is 0 Å². The molecule has 1 aliphatic rings. The van der Waals surface area contributed by atoms with Crippen LogP contribution in [0.25, 0.3) is 0 Å². The van der Waals surface area contributed by atoms with Crippen LogP contribution in [0.3, 0.4) is 0 Å². The average molecular weight is 499 g/mol. The van der Waals surface area contributed by atoms with Crippen molar-refractivity contribution in [3.05, 3.63) is 76.6 Å². The molecular formula is C29H36F2N2O3. The molecule has 1 saturated heterocycles. The van der Waals surface area contributed by atoms with Crippen molar-refractivity contribution in [2.24, 2.45) is 0 Å². The summed E-state index contributed by atoms with van der Waals surface area (Å²) in [6.45, 7) is 8.28. The van der Waals surface area contributed by atoms with Crippen molar-refractivity contribution in [1.82, 2.24) is 5.32 Å². The van der Waals surface area contributed by atoms with Crippen molar-refractivity contribution in [2.75, 3.05) is 11.9 Å². The summed E-state index contributed by atoms with van der Waals surface area (Å²) in [5, 5.41) is 6.13. The number of benzene rings is 2. The van der Waals surface area contributed by atoms with Gasteiger partial charge >= 0.3 is 5.97 Å². The Bertz CT molecular complexity index is 1090. The molecule has 0 spiro atoms. The zero-order valence-corrected chi connectivity index (χ0v) is 21.5. The predicted molar refractivity (Wildman–Crippen MR) is 138 cm³/mol. The van der Waals surface area contributed by atoms with E-state index in [1.165, 1.54) is 11.6 Å². The number of ether oxygens (including phenoxy) is 1. The fourth-order valence-electron chi connectivity index (χ4n) is 4.20. The number of rotatable bonds is 11. The van der Waals surface area contributed by atoms with Crippen molar-refractivity contribution in [3.8, 4) is 0 Å². The van der Waals surface area contributed by atoms with E-state index >= 15 is 0 Å². The van der Waals surface area contributed by atoms with Crippen molar-refractivity contribution in [1.29, 1.82) is 0 Å². The SMILES string of the molecule is CCCCCCC(Cc1ccc(C(C)(C)C)cc1)NC(Nc1ccc(F)cc1F)=C1C(=O)COC1=O. The van der Waals surface area contributed by atoms with E-state index in [0.717, 1.165) is 49.8 Å². The summed E-state index contributed by atoms with van der Waals surface area (Å²) in [5.74, 6) is -2.72. The molecule has 36 heavy (non-hydrogen) atoms. The Kier molecular flexibility index (Phi) is 9.24. The van der Waals surface area contributed by atoms with E-state index in [9.17, 15) is 18.4 Å². The smallest absolute Gasteiger partial charge is 0.346 e. The number of halogens is 2. The molecule has 2 aromatic rings. The molecule has 194 valence electrons. The molecule has 1 atom stereocenters. The number of Topliss-reactive ketones (excluding diaryl/α,β-unsaturated/α-hetero) is 1. The first-order valence-corrected chi connectivity index (χ1v) is 12.6. The summed E-state index contributed by atoms with van der Waals surface area (Å²) in [6.07, 6.45) is 5.67. The molecule has 0 radical (unpaired) electrons. The summed E-state index contributed by atoms with van der Waals surface area (Å²) < 4.78 is 32.8. The Hall–Kier alpha value is -3.22. The van der Waals surface area contributed by atoms with Crippen LogP contribution in [-0.2, 0) is 26.2 Å². The van der Waals surface area contributed by atoms with E-state index in [2.05, 4.69) is 62.6 Å². The molecular weight excluding hydrogens is 462 g/mol. The first-order valence-electron chi connectivity index (χ1n) is 12.6. The number of hydrogen-bond donors (Lipinski definition) is 2. The quantitative estimate of drug-likeness (QED) is 0.168. The minimum atomic E-state index is -0.828. The number of carbonyl (C=O) groups is 2. The van der Waals surface area contributed by atoms with Gasteiger partial charge in [0.2, 0.25) is 5.78 Å². The third-order valence-electron chi connectivity index (χ3n) is 6.31. The highest BCUT2D eigenvalue weighted by molar-refractivity contribution is 6.22. The Morgan fingerprint density at radius 2 is 1.75 bits per heavy atom. The molecule has 0 amide bonds.